The minimum absolute atomic E-state index is 0.00503. The molecule has 0 aromatic heterocycles. The molecule has 0 aliphatic rings. The molecule has 0 heterocycles. The zero-order valence-corrected chi connectivity index (χ0v) is 18.4. The van der Waals surface area contributed by atoms with Crippen LogP contribution in [0.1, 0.15) is 26.3 Å². The Hall–Kier alpha value is -4.73. The number of benzene rings is 3. The second kappa shape index (κ2) is 10.7. The number of carbonyl (C=O) groups excluding carboxylic acids is 3. The van der Waals surface area contributed by atoms with Gasteiger partial charge in [-0.15, -0.1) is 0 Å². The smallest absolute Gasteiger partial charge is 0.339 e. The van der Waals surface area contributed by atoms with Gasteiger partial charge in [-0.1, -0.05) is 18.2 Å². The molecule has 0 saturated carbocycles. The average molecular weight is 463 g/mol. The van der Waals surface area contributed by atoms with Gasteiger partial charge in [-0.2, -0.15) is 0 Å². The number of nitrogens with zero attached hydrogens (tertiary/aromatic N) is 1. The number of ketones is 1. The Labute approximate surface area is 194 Å². The molecule has 3 aromatic carbocycles. The highest BCUT2D eigenvalue weighted by Crippen LogP contribution is 2.27. The lowest BCUT2D eigenvalue weighted by atomic mass is 9.97. The summed E-state index contributed by atoms with van der Waals surface area (Å²) in [6.07, 6.45) is 0. The number of nitro groups is 1. The number of nitro benzene ring substituents is 1. The SMILES string of the molecule is CNc1ccc(C(=O)c2ccccc2C(=O)OCC(=O)Nc2ccc(OC)cc2)cc1[N+](=O)[O-]. The maximum atomic E-state index is 13.0. The van der Waals surface area contributed by atoms with Gasteiger partial charge in [0.2, 0.25) is 0 Å². The van der Waals surface area contributed by atoms with Gasteiger partial charge >= 0.3 is 5.97 Å². The van der Waals surface area contributed by atoms with Crippen LogP contribution in [-0.2, 0) is 9.53 Å². The van der Waals surface area contributed by atoms with Crippen LogP contribution in [0, 0.1) is 10.1 Å². The van der Waals surface area contributed by atoms with Crippen molar-refractivity contribution < 1.29 is 28.8 Å². The van der Waals surface area contributed by atoms with Gasteiger partial charge in [-0.3, -0.25) is 19.7 Å². The van der Waals surface area contributed by atoms with E-state index in [2.05, 4.69) is 10.6 Å². The van der Waals surface area contributed by atoms with E-state index in [-0.39, 0.29) is 28.1 Å². The van der Waals surface area contributed by atoms with Crippen LogP contribution in [0.2, 0.25) is 0 Å². The molecule has 34 heavy (non-hydrogen) atoms. The quantitative estimate of drug-likeness (QED) is 0.212. The van der Waals surface area contributed by atoms with Gasteiger partial charge in [0, 0.05) is 29.9 Å². The molecule has 0 atom stereocenters. The Kier molecular flexibility index (Phi) is 7.55. The van der Waals surface area contributed by atoms with Crippen LogP contribution in [0.4, 0.5) is 17.1 Å². The van der Waals surface area contributed by atoms with Crippen molar-refractivity contribution in [1.29, 1.82) is 0 Å². The molecule has 0 aliphatic carbocycles. The number of esters is 1. The molecule has 0 radical (unpaired) electrons. The summed E-state index contributed by atoms with van der Waals surface area (Å²) in [7, 11) is 3.05. The summed E-state index contributed by atoms with van der Waals surface area (Å²) in [4.78, 5) is 48.5. The fourth-order valence-electron chi connectivity index (χ4n) is 3.13. The molecular weight excluding hydrogens is 442 g/mol. The first-order valence-corrected chi connectivity index (χ1v) is 10.0. The van der Waals surface area contributed by atoms with E-state index in [1.807, 2.05) is 0 Å². The molecular formula is C24H21N3O7. The van der Waals surface area contributed by atoms with E-state index in [0.717, 1.165) is 6.07 Å². The van der Waals surface area contributed by atoms with Gasteiger partial charge in [0.1, 0.15) is 11.4 Å². The molecule has 10 nitrogen and oxygen atoms in total. The van der Waals surface area contributed by atoms with E-state index < -0.39 is 29.2 Å². The minimum Gasteiger partial charge on any atom is -0.497 e. The van der Waals surface area contributed by atoms with Crippen LogP contribution < -0.4 is 15.4 Å². The highest BCUT2D eigenvalue weighted by atomic mass is 16.6. The fraction of sp³-hybridized carbons (Fsp3) is 0.125. The summed E-state index contributed by atoms with van der Waals surface area (Å²) < 4.78 is 10.1. The van der Waals surface area contributed by atoms with Crippen molar-refractivity contribution in [2.75, 3.05) is 31.4 Å². The molecule has 0 unspecified atom stereocenters. The van der Waals surface area contributed by atoms with Crippen LogP contribution >= 0.6 is 0 Å². The monoisotopic (exact) mass is 463 g/mol. The molecule has 0 saturated heterocycles. The van der Waals surface area contributed by atoms with E-state index in [1.165, 1.54) is 44.5 Å². The minimum atomic E-state index is -0.879. The molecule has 3 aromatic rings. The topological polar surface area (TPSA) is 137 Å². The molecule has 1 amide bonds. The first-order valence-electron chi connectivity index (χ1n) is 10.0. The van der Waals surface area contributed by atoms with E-state index in [9.17, 15) is 24.5 Å². The standard InChI is InChI=1S/C24H21N3O7/c1-25-20-12-7-15(13-21(20)27(31)32)23(29)18-5-3-4-6-19(18)24(30)34-14-22(28)26-16-8-10-17(33-2)11-9-16/h3-13,25H,14H2,1-2H3,(H,26,28). The molecule has 0 bridgehead atoms. The summed E-state index contributed by atoms with van der Waals surface area (Å²) in [6.45, 7) is -0.574. The van der Waals surface area contributed by atoms with Crippen molar-refractivity contribution in [2.45, 2.75) is 0 Å². The fourth-order valence-corrected chi connectivity index (χ4v) is 3.13. The molecule has 174 valence electrons. The number of methoxy groups -OCH3 is 1. The summed E-state index contributed by atoms with van der Waals surface area (Å²) >= 11 is 0. The normalized spacial score (nSPS) is 10.2. The van der Waals surface area contributed by atoms with Crippen LogP contribution in [0.3, 0.4) is 0 Å². The van der Waals surface area contributed by atoms with Crippen molar-refractivity contribution in [3.05, 3.63) is 93.5 Å². The zero-order valence-electron chi connectivity index (χ0n) is 18.4. The van der Waals surface area contributed by atoms with Crippen LogP contribution in [0.15, 0.2) is 66.7 Å². The highest BCUT2D eigenvalue weighted by Gasteiger charge is 2.23. The van der Waals surface area contributed by atoms with Gasteiger partial charge in [0.15, 0.2) is 12.4 Å². The molecule has 0 fully saturated rings. The van der Waals surface area contributed by atoms with Gasteiger partial charge in [-0.25, -0.2) is 4.79 Å². The van der Waals surface area contributed by atoms with Crippen molar-refractivity contribution in [1.82, 2.24) is 0 Å². The van der Waals surface area contributed by atoms with Gasteiger partial charge in [0.25, 0.3) is 11.6 Å². The van der Waals surface area contributed by atoms with Crippen molar-refractivity contribution >= 4 is 34.7 Å². The number of anilines is 2. The lowest BCUT2D eigenvalue weighted by molar-refractivity contribution is -0.384. The maximum absolute atomic E-state index is 13.0. The Morgan fingerprint density at radius 3 is 2.26 bits per heavy atom. The number of hydrogen-bond acceptors (Lipinski definition) is 8. The van der Waals surface area contributed by atoms with Crippen molar-refractivity contribution in [3.8, 4) is 5.75 Å². The summed E-state index contributed by atoms with van der Waals surface area (Å²) in [5, 5.41) is 16.6. The Morgan fingerprint density at radius 2 is 1.65 bits per heavy atom. The average Bonchev–Trinajstić information content (AvgIpc) is 2.86. The van der Waals surface area contributed by atoms with E-state index >= 15 is 0 Å². The van der Waals surface area contributed by atoms with E-state index in [0.29, 0.717) is 11.4 Å². The van der Waals surface area contributed by atoms with Crippen LogP contribution in [0.25, 0.3) is 0 Å². The molecule has 10 heteroatoms. The number of hydrogen-bond donors (Lipinski definition) is 2. The van der Waals surface area contributed by atoms with Gasteiger partial charge in [-0.05, 0) is 42.5 Å². The molecule has 0 aliphatic heterocycles. The van der Waals surface area contributed by atoms with Crippen LogP contribution in [-0.4, -0.2) is 43.3 Å². The number of rotatable bonds is 9. The van der Waals surface area contributed by atoms with Crippen molar-refractivity contribution in [3.63, 3.8) is 0 Å². The first kappa shape index (κ1) is 23.9. The first-order chi connectivity index (χ1) is 16.3. The maximum Gasteiger partial charge on any atom is 0.339 e. The van der Waals surface area contributed by atoms with Gasteiger partial charge in [0.05, 0.1) is 17.6 Å². The van der Waals surface area contributed by atoms with Gasteiger partial charge < -0.3 is 20.1 Å². The highest BCUT2D eigenvalue weighted by molar-refractivity contribution is 6.15. The molecule has 3 rings (SSSR count). The lowest BCUT2D eigenvalue weighted by Gasteiger charge is -2.10. The third-order valence-corrected chi connectivity index (χ3v) is 4.83. The molecule has 0 spiro atoms. The third kappa shape index (κ3) is 5.54. The largest absolute Gasteiger partial charge is 0.497 e. The number of ether oxygens (including phenoxy) is 2. The van der Waals surface area contributed by atoms with Crippen LogP contribution in [0.5, 0.6) is 5.75 Å². The van der Waals surface area contributed by atoms with E-state index in [1.54, 1.807) is 30.3 Å². The lowest BCUT2D eigenvalue weighted by Crippen LogP contribution is -2.22. The second-order valence-electron chi connectivity index (χ2n) is 6.97. The Balaban J connectivity index is 1.73. The third-order valence-electron chi connectivity index (χ3n) is 4.83. The summed E-state index contributed by atoms with van der Waals surface area (Å²) in [5.74, 6) is -1.42. The predicted molar refractivity (Wildman–Crippen MR) is 124 cm³/mol. The number of carbonyl (C=O) groups is 3. The second-order valence-corrected chi connectivity index (χ2v) is 6.97. The molecule has 2 N–H and O–H groups in total. The summed E-state index contributed by atoms with van der Waals surface area (Å²) in [6, 6.07) is 16.4. The number of amides is 1. The van der Waals surface area contributed by atoms with E-state index in [4.69, 9.17) is 9.47 Å². The predicted octanol–water partition coefficient (Wildman–Crippen LogP) is 3.67. The zero-order chi connectivity index (χ0) is 24.7. The summed E-state index contributed by atoms with van der Waals surface area (Å²) in [5.41, 5.74) is 0.424. The van der Waals surface area contributed by atoms with Crippen molar-refractivity contribution in [2.24, 2.45) is 0 Å². The number of nitrogens with one attached hydrogen (secondary N) is 2. The Bertz CT molecular complexity index is 1240. The Morgan fingerprint density at radius 1 is 0.971 bits per heavy atom.